The van der Waals surface area contributed by atoms with Gasteiger partial charge in [-0.2, -0.15) is 4.98 Å². The van der Waals surface area contributed by atoms with Gasteiger partial charge in [-0.15, -0.1) is 0 Å². The molecular formula is C13H22N2O2. The Morgan fingerprint density at radius 3 is 2.65 bits per heavy atom. The van der Waals surface area contributed by atoms with Gasteiger partial charge >= 0.3 is 0 Å². The lowest BCUT2D eigenvalue weighted by molar-refractivity contribution is 0.0683. The standard InChI is InChI=1S/C13H22N2O2/c1-3-16-10(2)12-14-13(17-15-12)11-8-6-4-5-7-9-11/h10-11H,3-9H2,1-2H3. The minimum atomic E-state index is -0.0664. The van der Waals surface area contributed by atoms with Crippen molar-refractivity contribution in [2.75, 3.05) is 6.61 Å². The summed E-state index contributed by atoms with van der Waals surface area (Å²) in [6, 6.07) is 0. The fraction of sp³-hybridized carbons (Fsp3) is 0.846. The van der Waals surface area contributed by atoms with E-state index in [0.717, 1.165) is 5.89 Å². The molecule has 17 heavy (non-hydrogen) atoms. The average molecular weight is 238 g/mol. The van der Waals surface area contributed by atoms with Crippen LogP contribution < -0.4 is 0 Å². The SMILES string of the molecule is CCOC(C)c1noc(C2CCCCCC2)n1. The molecule has 4 nitrogen and oxygen atoms in total. The van der Waals surface area contributed by atoms with Gasteiger partial charge in [-0.05, 0) is 26.7 Å². The molecule has 1 saturated carbocycles. The zero-order valence-electron chi connectivity index (χ0n) is 10.8. The topological polar surface area (TPSA) is 48.2 Å². The number of rotatable bonds is 4. The van der Waals surface area contributed by atoms with Gasteiger partial charge in [-0.1, -0.05) is 30.8 Å². The van der Waals surface area contributed by atoms with Crippen molar-refractivity contribution in [2.45, 2.75) is 64.4 Å². The van der Waals surface area contributed by atoms with Crippen molar-refractivity contribution in [2.24, 2.45) is 0 Å². The monoisotopic (exact) mass is 238 g/mol. The molecule has 2 rings (SSSR count). The Labute approximate surface area is 103 Å². The third-order valence-electron chi connectivity index (χ3n) is 3.44. The second-order valence-electron chi connectivity index (χ2n) is 4.78. The Balaban J connectivity index is 2.01. The average Bonchev–Trinajstić information content (AvgIpc) is 2.66. The predicted octanol–water partition coefficient (Wildman–Crippen LogP) is 3.60. The first kappa shape index (κ1) is 12.6. The Kier molecular flexibility index (Phi) is 4.54. The molecule has 0 aliphatic heterocycles. The number of nitrogens with zero attached hydrogens (tertiary/aromatic N) is 2. The smallest absolute Gasteiger partial charge is 0.229 e. The quantitative estimate of drug-likeness (QED) is 0.752. The minimum Gasteiger partial charge on any atom is -0.371 e. The summed E-state index contributed by atoms with van der Waals surface area (Å²) in [4.78, 5) is 4.49. The van der Waals surface area contributed by atoms with Crippen LogP contribution in [0.4, 0.5) is 0 Å². The van der Waals surface area contributed by atoms with Gasteiger partial charge < -0.3 is 9.26 Å². The van der Waals surface area contributed by atoms with Crippen LogP contribution in [0.5, 0.6) is 0 Å². The Morgan fingerprint density at radius 1 is 1.29 bits per heavy atom. The fourth-order valence-electron chi connectivity index (χ4n) is 2.43. The van der Waals surface area contributed by atoms with Crippen LogP contribution in [0, 0.1) is 0 Å². The highest BCUT2D eigenvalue weighted by Crippen LogP contribution is 2.31. The lowest BCUT2D eigenvalue weighted by Crippen LogP contribution is -2.03. The predicted molar refractivity (Wildman–Crippen MR) is 64.8 cm³/mol. The molecular weight excluding hydrogens is 216 g/mol. The molecule has 0 aromatic carbocycles. The van der Waals surface area contributed by atoms with Crippen LogP contribution in [-0.2, 0) is 4.74 Å². The van der Waals surface area contributed by atoms with E-state index in [1.807, 2.05) is 13.8 Å². The molecule has 0 radical (unpaired) electrons. The van der Waals surface area contributed by atoms with Gasteiger partial charge in [0.25, 0.3) is 0 Å². The molecule has 0 bridgehead atoms. The van der Waals surface area contributed by atoms with E-state index in [1.54, 1.807) is 0 Å². The normalized spacial score (nSPS) is 20.1. The number of hydrogen-bond acceptors (Lipinski definition) is 4. The molecule has 1 aliphatic rings. The van der Waals surface area contributed by atoms with E-state index in [-0.39, 0.29) is 6.10 Å². The second kappa shape index (κ2) is 6.15. The van der Waals surface area contributed by atoms with Gasteiger partial charge in [-0.25, -0.2) is 0 Å². The van der Waals surface area contributed by atoms with Crippen LogP contribution >= 0.6 is 0 Å². The molecule has 1 atom stereocenters. The van der Waals surface area contributed by atoms with E-state index in [9.17, 15) is 0 Å². The van der Waals surface area contributed by atoms with E-state index >= 15 is 0 Å². The summed E-state index contributed by atoms with van der Waals surface area (Å²) in [7, 11) is 0. The van der Waals surface area contributed by atoms with Crippen molar-refractivity contribution in [1.29, 1.82) is 0 Å². The molecule has 0 spiro atoms. The lowest BCUT2D eigenvalue weighted by atomic mass is 10.0. The molecule has 0 amide bonds. The van der Waals surface area contributed by atoms with Crippen molar-refractivity contribution >= 4 is 0 Å². The molecule has 96 valence electrons. The number of aromatic nitrogens is 2. The third-order valence-corrected chi connectivity index (χ3v) is 3.44. The highest BCUT2D eigenvalue weighted by atomic mass is 16.5. The van der Waals surface area contributed by atoms with Crippen molar-refractivity contribution in [3.05, 3.63) is 11.7 Å². The van der Waals surface area contributed by atoms with Crippen LogP contribution in [0.25, 0.3) is 0 Å². The van der Waals surface area contributed by atoms with E-state index in [4.69, 9.17) is 9.26 Å². The Morgan fingerprint density at radius 2 is 2.00 bits per heavy atom. The van der Waals surface area contributed by atoms with Gasteiger partial charge in [-0.3, -0.25) is 0 Å². The summed E-state index contributed by atoms with van der Waals surface area (Å²) >= 11 is 0. The van der Waals surface area contributed by atoms with Crippen LogP contribution in [0.15, 0.2) is 4.52 Å². The molecule has 1 fully saturated rings. The van der Waals surface area contributed by atoms with Gasteiger partial charge in [0.2, 0.25) is 5.89 Å². The highest BCUT2D eigenvalue weighted by molar-refractivity contribution is 4.96. The first-order valence-electron chi connectivity index (χ1n) is 6.76. The van der Waals surface area contributed by atoms with E-state index < -0.39 is 0 Å². The summed E-state index contributed by atoms with van der Waals surface area (Å²) in [5.41, 5.74) is 0. The molecule has 1 aromatic rings. The largest absolute Gasteiger partial charge is 0.371 e. The molecule has 1 unspecified atom stereocenters. The number of ether oxygens (including phenoxy) is 1. The summed E-state index contributed by atoms with van der Waals surface area (Å²) in [6.45, 7) is 4.61. The van der Waals surface area contributed by atoms with Gasteiger partial charge in [0, 0.05) is 12.5 Å². The maximum absolute atomic E-state index is 5.47. The maximum Gasteiger partial charge on any atom is 0.229 e. The van der Waals surface area contributed by atoms with Crippen molar-refractivity contribution in [3.8, 4) is 0 Å². The van der Waals surface area contributed by atoms with Gasteiger partial charge in [0.1, 0.15) is 6.10 Å². The first-order chi connectivity index (χ1) is 8.31. The summed E-state index contributed by atoms with van der Waals surface area (Å²) in [6.07, 6.45) is 7.55. The molecule has 1 heterocycles. The van der Waals surface area contributed by atoms with Gasteiger partial charge in [0.05, 0.1) is 0 Å². The van der Waals surface area contributed by atoms with Crippen LogP contribution in [0.1, 0.15) is 76.1 Å². The van der Waals surface area contributed by atoms with Crippen LogP contribution in [-0.4, -0.2) is 16.7 Å². The molecule has 0 N–H and O–H groups in total. The maximum atomic E-state index is 5.47. The van der Waals surface area contributed by atoms with Gasteiger partial charge in [0.15, 0.2) is 5.82 Å². The molecule has 0 saturated heterocycles. The number of hydrogen-bond donors (Lipinski definition) is 0. The van der Waals surface area contributed by atoms with E-state index in [2.05, 4.69) is 10.1 Å². The van der Waals surface area contributed by atoms with Crippen molar-refractivity contribution < 1.29 is 9.26 Å². The molecule has 1 aromatic heterocycles. The molecule has 1 aliphatic carbocycles. The van der Waals surface area contributed by atoms with Crippen molar-refractivity contribution in [3.63, 3.8) is 0 Å². The zero-order chi connectivity index (χ0) is 12.1. The Bertz CT molecular complexity index is 330. The third kappa shape index (κ3) is 3.28. The summed E-state index contributed by atoms with van der Waals surface area (Å²) in [5, 5.41) is 4.03. The van der Waals surface area contributed by atoms with Crippen LogP contribution in [0.3, 0.4) is 0 Å². The lowest BCUT2D eigenvalue weighted by Gasteiger charge is -2.08. The highest BCUT2D eigenvalue weighted by Gasteiger charge is 2.22. The van der Waals surface area contributed by atoms with Crippen LogP contribution in [0.2, 0.25) is 0 Å². The molecule has 4 heteroatoms. The van der Waals surface area contributed by atoms with Crippen molar-refractivity contribution in [1.82, 2.24) is 10.1 Å². The first-order valence-corrected chi connectivity index (χ1v) is 6.76. The second-order valence-corrected chi connectivity index (χ2v) is 4.78. The van der Waals surface area contributed by atoms with E-state index in [0.29, 0.717) is 18.3 Å². The minimum absolute atomic E-state index is 0.0664. The summed E-state index contributed by atoms with van der Waals surface area (Å²) < 4.78 is 10.9. The fourth-order valence-corrected chi connectivity index (χ4v) is 2.43. The Hall–Kier alpha value is -0.900. The van der Waals surface area contributed by atoms with E-state index in [1.165, 1.54) is 38.5 Å². The zero-order valence-corrected chi connectivity index (χ0v) is 10.8. The summed E-state index contributed by atoms with van der Waals surface area (Å²) in [5.74, 6) is 1.96.